The van der Waals surface area contributed by atoms with Gasteiger partial charge in [-0.2, -0.15) is 0 Å². The van der Waals surface area contributed by atoms with Crippen molar-refractivity contribution in [3.63, 3.8) is 0 Å². The molecule has 0 aliphatic heterocycles. The van der Waals surface area contributed by atoms with Gasteiger partial charge in [0.2, 0.25) is 5.43 Å². The molecule has 6 heteroatoms. The van der Waals surface area contributed by atoms with Crippen molar-refractivity contribution in [2.75, 3.05) is 0 Å². The maximum absolute atomic E-state index is 12.6. The van der Waals surface area contributed by atoms with Gasteiger partial charge < -0.3 is 14.7 Å². The summed E-state index contributed by atoms with van der Waals surface area (Å²) >= 11 is 0. The zero-order valence-electron chi connectivity index (χ0n) is 11.2. The van der Waals surface area contributed by atoms with E-state index in [9.17, 15) is 14.4 Å². The first-order valence-corrected chi connectivity index (χ1v) is 6.34. The normalized spacial score (nSPS) is 11.1. The highest BCUT2D eigenvalue weighted by Crippen LogP contribution is 2.14. The minimum Gasteiger partial charge on any atom is -0.481 e. The van der Waals surface area contributed by atoms with Gasteiger partial charge in [-0.15, -0.1) is 0 Å². The van der Waals surface area contributed by atoms with Crippen LogP contribution in [0.1, 0.15) is 5.69 Å². The highest BCUT2D eigenvalue weighted by atomic mass is 16.4. The van der Waals surface area contributed by atoms with Crippen LogP contribution >= 0.6 is 0 Å². The number of aliphatic carboxylic acids is 1. The lowest BCUT2D eigenvalue weighted by Gasteiger charge is -1.99. The van der Waals surface area contributed by atoms with Crippen LogP contribution in [0, 0.1) is 0 Å². The molecule has 0 amide bonds. The summed E-state index contributed by atoms with van der Waals surface area (Å²) in [4.78, 5) is 38.4. The van der Waals surface area contributed by atoms with E-state index < -0.39 is 11.5 Å². The minimum absolute atomic E-state index is 0.204. The number of carbonyl (C=O) groups is 1. The van der Waals surface area contributed by atoms with Crippen LogP contribution in [-0.4, -0.2) is 20.6 Å². The average Bonchev–Trinajstić information content (AvgIpc) is 2.70. The first-order valence-electron chi connectivity index (χ1n) is 6.34. The Morgan fingerprint density at radius 1 is 1.24 bits per heavy atom. The lowest BCUT2D eigenvalue weighted by atomic mass is 10.2. The van der Waals surface area contributed by atoms with Gasteiger partial charge in [-0.1, -0.05) is 12.1 Å². The van der Waals surface area contributed by atoms with Crippen LogP contribution in [0.2, 0.25) is 0 Å². The molecule has 0 fully saturated rings. The Kier molecular flexibility index (Phi) is 2.86. The molecule has 3 aromatic rings. The summed E-state index contributed by atoms with van der Waals surface area (Å²) in [6, 6.07) is 8.21. The Bertz CT molecular complexity index is 998. The minimum atomic E-state index is -1.01. The van der Waals surface area contributed by atoms with E-state index in [0.717, 1.165) is 0 Å². The third-order valence-corrected chi connectivity index (χ3v) is 3.54. The van der Waals surface area contributed by atoms with Crippen LogP contribution < -0.4 is 11.0 Å². The fourth-order valence-corrected chi connectivity index (χ4v) is 2.54. The van der Waals surface area contributed by atoms with Gasteiger partial charge >= 0.3 is 5.97 Å². The number of H-pyrrole nitrogens is 1. The third-order valence-electron chi connectivity index (χ3n) is 3.54. The number of hydrogen-bond acceptors (Lipinski definition) is 3. The number of para-hydroxylation sites is 1. The highest BCUT2D eigenvalue weighted by Gasteiger charge is 2.14. The molecule has 2 N–H and O–H groups in total. The first-order chi connectivity index (χ1) is 9.99. The molecule has 3 rings (SSSR count). The number of nitrogens with one attached hydrogen (secondary N) is 1. The van der Waals surface area contributed by atoms with Crippen molar-refractivity contribution in [3.8, 4) is 0 Å². The number of hydrogen-bond donors (Lipinski definition) is 2. The van der Waals surface area contributed by atoms with Crippen LogP contribution in [-0.2, 0) is 18.3 Å². The molecule has 0 aliphatic carbocycles. The second-order valence-electron chi connectivity index (χ2n) is 4.86. The van der Waals surface area contributed by atoms with Crippen LogP contribution in [0.25, 0.3) is 21.8 Å². The summed E-state index contributed by atoms with van der Waals surface area (Å²) < 4.78 is 1.48. The number of benzene rings is 1. The highest BCUT2D eigenvalue weighted by molar-refractivity contribution is 5.90. The molecule has 0 bridgehead atoms. The average molecular weight is 284 g/mol. The van der Waals surface area contributed by atoms with Crippen LogP contribution in [0.4, 0.5) is 0 Å². The summed E-state index contributed by atoms with van der Waals surface area (Å²) in [6.45, 7) is 0. The Morgan fingerprint density at radius 2 is 1.95 bits per heavy atom. The number of aromatic nitrogens is 2. The summed E-state index contributed by atoms with van der Waals surface area (Å²) in [5, 5.41) is 9.50. The number of aromatic amines is 1. The molecule has 2 aromatic heterocycles. The van der Waals surface area contributed by atoms with Crippen molar-refractivity contribution in [1.82, 2.24) is 9.55 Å². The monoisotopic (exact) mass is 284 g/mol. The quantitative estimate of drug-likeness (QED) is 0.734. The maximum atomic E-state index is 12.6. The lowest BCUT2D eigenvalue weighted by molar-refractivity contribution is -0.136. The summed E-state index contributed by atoms with van der Waals surface area (Å²) in [7, 11) is 1.59. The largest absolute Gasteiger partial charge is 0.481 e. The molecule has 0 saturated heterocycles. The third kappa shape index (κ3) is 2.01. The molecular formula is C15H12N2O4. The molecule has 0 atom stereocenters. The molecule has 0 saturated carbocycles. The number of fused-ring (bicyclic) bond motifs is 2. The molecule has 6 nitrogen and oxygen atoms in total. The van der Waals surface area contributed by atoms with Crippen LogP contribution in [0.3, 0.4) is 0 Å². The van der Waals surface area contributed by atoms with Gasteiger partial charge in [-0.3, -0.25) is 14.4 Å². The summed E-state index contributed by atoms with van der Waals surface area (Å²) in [6.07, 6.45) is -0.244. The lowest BCUT2D eigenvalue weighted by Crippen LogP contribution is -2.09. The van der Waals surface area contributed by atoms with E-state index in [2.05, 4.69) is 4.98 Å². The Labute approximate surface area is 118 Å². The van der Waals surface area contributed by atoms with Crippen molar-refractivity contribution in [1.29, 1.82) is 0 Å². The van der Waals surface area contributed by atoms with Crippen molar-refractivity contribution in [2.24, 2.45) is 7.05 Å². The number of aryl methyl sites for hydroxylation is 1. The fraction of sp³-hybridized carbons (Fsp3) is 0.133. The number of nitrogens with zero attached hydrogens (tertiary/aromatic N) is 1. The Morgan fingerprint density at radius 3 is 2.67 bits per heavy atom. The zero-order valence-corrected chi connectivity index (χ0v) is 11.2. The van der Waals surface area contributed by atoms with Crippen LogP contribution in [0.5, 0.6) is 0 Å². The molecule has 0 spiro atoms. The molecular weight excluding hydrogens is 272 g/mol. The predicted octanol–water partition coefficient (Wildman–Crippen LogP) is 1.01. The second kappa shape index (κ2) is 4.59. The van der Waals surface area contributed by atoms with Gasteiger partial charge in [0.1, 0.15) is 5.52 Å². The van der Waals surface area contributed by atoms with E-state index in [4.69, 9.17) is 5.11 Å². The fourth-order valence-electron chi connectivity index (χ4n) is 2.54. The van der Waals surface area contributed by atoms with Gasteiger partial charge in [0, 0.05) is 18.1 Å². The van der Waals surface area contributed by atoms with Gasteiger partial charge in [0.25, 0.3) is 5.56 Å². The number of rotatable bonds is 2. The smallest absolute Gasteiger partial charge is 0.309 e. The molecule has 0 radical (unpaired) electrons. The first kappa shape index (κ1) is 13.1. The number of carboxylic acids is 1. The predicted molar refractivity (Wildman–Crippen MR) is 78.7 cm³/mol. The van der Waals surface area contributed by atoms with E-state index in [-0.39, 0.29) is 22.8 Å². The van der Waals surface area contributed by atoms with Crippen molar-refractivity contribution < 1.29 is 9.90 Å². The van der Waals surface area contributed by atoms with Gasteiger partial charge in [-0.05, 0) is 18.2 Å². The van der Waals surface area contributed by atoms with Gasteiger partial charge in [-0.25, -0.2) is 0 Å². The van der Waals surface area contributed by atoms with Crippen LogP contribution in [0.15, 0.2) is 39.9 Å². The molecule has 1 aromatic carbocycles. The Balaban J connectivity index is 2.55. The topological polar surface area (TPSA) is 92.2 Å². The van der Waals surface area contributed by atoms with E-state index in [0.29, 0.717) is 16.6 Å². The van der Waals surface area contributed by atoms with E-state index >= 15 is 0 Å². The summed E-state index contributed by atoms with van der Waals surface area (Å²) in [5.74, 6) is -1.01. The molecule has 21 heavy (non-hydrogen) atoms. The van der Waals surface area contributed by atoms with Crippen molar-refractivity contribution in [2.45, 2.75) is 6.42 Å². The summed E-state index contributed by atoms with van der Waals surface area (Å²) in [5.41, 5.74) is 0.390. The van der Waals surface area contributed by atoms with E-state index in [1.54, 1.807) is 31.3 Å². The van der Waals surface area contributed by atoms with Crippen molar-refractivity contribution in [3.05, 3.63) is 56.6 Å². The maximum Gasteiger partial charge on any atom is 0.309 e. The van der Waals surface area contributed by atoms with E-state index in [1.165, 1.54) is 10.6 Å². The number of carboxylic acid groups (broad SMARTS) is 1. The molecule has 0 aliphatic rings. The Hall–Kier alpha value is -2.89. The molecule has 2 heterocycles. The van der Waals surface area contributed by atoms with Gasteiger partial charge in [0.05, 0.1) is 17.3 Å². The second-order valence-corrected chi connectivity index (χ2v) is 4.86. The van der Waals surface area contributed by atoms with E-state index in [1.807, 2.05) is 0 Å². The van der Waals surface area contributed by atoms with Crippen molar-refractivity contribution >= 4 is 27.8 Å². The van der Waals surface area contributed by atoms with Gasteiger partial charge in [0.15, 0.2) is 0 Å². The zero-order chi connectivity index (χ0) is 15.1. The molecule has 0 unspecified atom stereocenters. The SMILES string of the molecule is Cn1c(CC(=O)O)cc2c(=O)[nH]c3ccccc3c(=O)c21. The standard InChI is InChI=1S/C15H12N2O4/c1-17-8(7-12(18)19)6-10-13(17)14(20)9-4-2-3-5-11(9)16-15(10)21/h2-6H,7H2,1H3,(H,16,21)(H,18,19). The molecule has 106 valence electrons.